The van der Waals surface area contributed by atoms with E-state index in [-0.39, 0.29) is 12.3 Å². The minimum absolute atomic E-state index is 0.0391. The van der Waals surface area contributed by atoms with E-state index in [1.165, 1.54) is 0 Å². The van der Waals surface area contributed by atoms with Gasteiger partial charge in [-0.2, -0.15) is 0 Å². The topological polar surface area (TPSA) is 81.5 Å². The second kappa shape index (κ2) is 6.96. The summed E-state index contributed by atoms with van der Waals surface area (Å²) in [7, 11) is 1.15. The van der Waals surface area contributed by atoms with E-state index in [2.05, 4.69) is 10.1 Å². The summed E-state index contributed by atoms with van der Waals surface area (Å²) in [6.07, 6.45) is 0.250. The van der Waals surface area contributed by atoms with Gasteiger partial charge in [0.2, 0.25) is 0 Å². The number of carbonyl (C=O) groups excluding carboxylic acids is 1. The van der Waals surface area contributed by atoms with Crippen LogP contribution in [-0.4, -0.2) is 24.0 Å². The molecule has 1 unspecified atom stereocenters. The molecule has 1 atom stereocenters. The van der Waals surface area contributed by atoms with Crippen molar-refractivity contribution in [3.63, 3.8) is 0 Å². The van der Waals surface area contributed by atoms with E-state index in [4.69, 9.17) is 0 Å². The largest absolute Gasteiger partial charge is 0.467 e. The Balaban J connectivity index is 3.21. The minimum Gasteiger partial charge on any atom is -0.467 e. The Morgan fingerprint density at radius 2 is 2.05 bits per heavy atom. The number of halogens is 2. The number of nitrogens with one attached hydrogen (secondary N) is 1. The van der Waals surface area contributed by atoms with Crippen LogP contribution in [0, 0.1) is 27.7 Å². The van der Waals surface area contributed by atoms with Gasteiger partial charge >= 0.3 is 5.97 Å². The van der Waals surface area contributed by atoms with Crippen molar-refractivity contribution in [1.29, 1.82) is 0 Å². The maximum Gasteiger partial charge on any atom is 0.328 e. The lowest BCUT2D eigenvalue weighted by Gasteiger charge is -2.19. The summed E-state index contributed by atoms with van der Waals surface area (Å²) >= 11 is 0. The molecule has 0 saturated heterocycles. The Morgan fingerprint density at radius 3 is 2.52 bits per heavy atom. The Hall–Kier alpha value is -2.25. The monoisotopic (exact) mass is 302 g/mol. The summed E-state index contributed by atoms with van der Waals surface area (Å²) in [5, 5.41) is 13.3. The van der Waals surface area contributed by atoms with Crippen LogP contribution < -0.4 is 5.32 Å². The second-order valence-electron chi connectivity index (χ2n) is 4.86. The molecule has 1 aromatic carbocycles. The van der Waals surface area contributed by atoms with Gasteiger partial charge in [-0.15, -0.1) is 0 Å². The van der Waals surface area contributed by atoms with Crippen LogP contribution in [-0.2, 0) is 9.53 Å². The molecule has 0 aromatic heterocycles. The summed E-state index contributed by atoms with van der Waals surface area (Å²) in [6, 6.07) is 0.489. The fraction of sp³-hybridized carbons (Fsp3) is 0.462. The lowest BCUT2D eigenvalue weighted by atomic mass is 10.0. The lowest BCUT2D eigenvalue weighted by Crippen LogP contribution is -2.32. The van der Waals surface area contributed by atoms with Crippen molar-refractivity contribution in [3.8, 4) is 0 Å². The maximum atomic E-state index is 13.8. The van der Waals surface area contributed by atoms with Crippen LogP contribution in [0.5, 0.6) is 0 Å². The summed E-state index contributed by atoms with van der Waals surface area (Å²) < 4.78 is 31.6. The van der Waals surface area contributed by atoms with Gasteiger partial charge in [0.05, 0.1) is 12.0 Å². The summed E-state index contributed by atoms with van der Waals surface area (Å²) in [4.78, 5) is 21.7. The Labute approximate surface area is 120 Å². The molecule has 0 aliphatic carbocycles. The second-order valence-corrected chi connectivity index (χ2v) is 4.86. The van der Waals surface area contributed by atoms with Crippen molar-refractivity contribution in [3.05, 3.63) is 33.9 Å². The third kappa shape index (κ3) is 4.11. The van der Waals surface area contributed by atoms with Crippen molar-refractivity contribution < 1.29 is 23.2 Å². The number of nitro benzene ring substituents is 1. The third-order valence-corrected chi connectivity index (χ3v) is 2.78. The van der Waals surface area contributed by atoms with Crippen LogP contribution in [0.4, 0.5) is 20.2 Å². The highest BCUT2D eigenvalue weighted by Crippen LogP contribution is 2.30. The minimum atomic E-state index is -1.40. The Bertz CT molecular complexity index is 549. The van der Waals surface area contributed by atoms with E-state index in [0.29, 0.717) is 6.07 Å². The number of esters is 1. The van der Waals surface area contributed by atoms with E-state index < -0.39 is 39.9 Å². The average Bonchev–Trinajstić information content (AvgIpc) is 2.41. The van der Waals surface area contributed by atoms with Crippen LogP contribution in [0.3, 0.4) is 0 Å². The van der Waals surface area contributed by atoms with Crippen molar-refractivity contribution in [2.45, 2.75) is 26.3 Å². The van der Waals surface area contributed by atoms with E-state index in [1.54, 1.807) is 0 Å². The first-order chi connectivity index (χ1) is 9.77. The quantitative estimate of drug-likeness (QED) is 0.496. The number of hydrogen-bond acceptors (Lipinski definition) is 5. The maximum absolute atomic E-state index is 13.8. The van der Waals surface area contributed by atoms with Crippen molar-refractivity contribution in [2.75, 3.05) is 12.4 Å². The highest BCUT2D eigenvalue weighted by molar-refractivity contribution is 5.80. The molecular weight excluding hydrogens is 286 g/mol. The molecule has 8 heteroatoms. The van der Waals surface area contributed by atoms with E-state index in [9.17, 15) is 23.7 Å². The highest BCUT2D eigenvalue weighted by atomic mass is 19.2. The molecule has 0 fully saturated rings. The molecule has 0 amide bonds. The fourth-order valence-electron chi connectivity index (χ4n) is 1.83. The van der Waals surface area contributed by atoms with E-state index in [1.807, 2.05) is 13.8 Å². The first-order valence-corrected chi connectivity index (χ1v) is 6.24. The molecule has 1 N–H and O–H groups in total. The number of carbonyl (C=O) groups is 1. The zero-order valence-electron chi connectivity index (χ0n) is 11.9. The molecule has 116 valence electrons. The number of benzene rings is 1. The molecule has 0 bridgehead atoms. The standard InChI is InChI=1S/C13H16F2N2O4/c1-7(2)6-9(13(18)21-3)16-12-10(17(19)20)5-4-8(14)11(12)15/h4-5,7,9,16H,6H2,1-3H3. The molecule has 1 aromatic rings. The van der Waals surface area contributed by atoms with Crippen LogP contribution in [0.1, 0.15) is 20.3 Å². The predicted octanol–water partition coefficient (Wildman–Crippen LogP) is 2.87. The molecule has 0 aliphatic rings. The zero-order chi connectivity index (χ0) is 16.2. The number of nitrogens with zero attached hydrogens (tertiary/aromatic N) is 1. The molecule has 21 heavy (non-hydrogen) atoms. The van der Waals surface area contributed by atoms with Gasteiger partial charge in [-0.25, -0.2) is 13.6 Å². The summed E-state index contributed by atoms with van der Waals surface area (Å²) in [6.45, 7) is 3.63. The average molecular weight is 302 g/mol. The molecule has 1 rings (SSSR count). The van der Waals surface area contributed by atoms with E-state index >= 15 is 0 Å². The molecule has 6 nitrogen and oxygen atoms in total. The molecule has 0 aliphatic heterocycles. The molecule has 0 saturated carbocycles. The van der Waals surface area contributed by atoms with Crippen LogP contribution in [0.2, 0.25) is 0 Å². The molecule has 0 heterocycles. The van der Waals surface area contributed by atoms with Gasteiger partial charge in [0, 0.05) is 6.07 Å². The van der Waals surface area contributed by atoms with Gasteiger partial charge in [0.1, 0.15) is 6.04 Å². The molecule has 0 spiro atoms. The number of rotatable bonds is 6. The normalized spacial score (nSPS) is 12.1. The van der Waals surface area contributed by atoms with Gasteiger partial charge in [0.25, 0.3) is 5.69 Å². The zero-order valence-corrected chi connectivity index (χ0v) is 11.9. The Morgan fingerprint density at radius 1 is 1.43 bits per heavy atom. The van der Waals surface area contributed by atoms with Gasteiger partial charge in [-0.3, -0.25) is 10.1 Å². The SMILES string of the molecule is COC(=O)C(CC(C)C)Nc1c([N+](=O)[O-])ccc(F)c1F. The van der Waals surface area contributed by atoms with Crippen molar-refractivity contribution in [1.82, 2.24) is 0 Å². The highest BCUT2D eigenvalue weighted by Gasteiger charge is 2.28. The number of methoxy groups -OCH3 is 1. The number of anilines is 1. The van der Waals surface area contributed by atoms with Gasteiger partial charge < -0.3 is 10.1 Å². The van der Waals surface area contributed by atoms with Gasteiger partial charge in [0.15, 0.2) is 17.3 Å². The molecular formula is C13H16F2N2O4. The first kappa shape index (κ1) is 16.8. The van der Waals surface area contributed by atoms with Crippen molar-refractivity contribution >= 4 is 17.3 Å². The smallest absolute Gasteiger partial charge is 0.328 e. The lowest BCUT2D eigenvalue weighted by molar-refractivity contribution is -0.384. The third-order valence-electron chi connectivity index (χ3n) is 2.78. The number of nitro groups is 1. The number of ether oxygens (including phenoxy) is 1. The van der Waals surface area contributed by atoms with E-state index in [0.717, 1.165) is 13.2 Å². The van der Waals surface area contributed by atoms with Gasteiger partial charge in [-0.1, -0.05) is 13.8 Å². The fourth-order valence-corrected chi connectivity index (χ4v) is 1.83. The summed E-state index contributed by atoms with van der Waals surface area (Å²) in [5.74, 6) is -3.31. The predicted molar refractivity (Wildman–Crippen MR) is 71.9 cm³/mol. The Kier molecular flexibility index (Phi) is 5.57. The van der Waals surface area contributed by atoms with Crippen molar-refractivity contribution in [2.24, 2.45) is 5.92 Å². The summed E-state index contributed by atoms with van der Waals surface area (Å²) in [5.41, 5.74) is -1.30. The first-order valence-electron chi connectivity index (χ1n) is 6.24. The van der Waals surface area contributed by atoms with Gasteiger partial charge in [-0.05, 0) is 18.4 Å². The van der Waals surface area contributed by atoms with Crippen LogP contribution >= 0.6 is 0 Å². The number of hydrogen-bond donors (Lipinski definition) is 1. The molecule has 0 radical (unpaired) electrons. The van der Waals surface area contributed by atoms with Crippen LogP contribution in [0.15, 0.2) is 12.1 Å². The van der Waals surface area contributed by atoms with Crippen LogP contribution in [0.25, 0.3) is 0 Å².